The van der Waals surface area contributed by atoms with E-state index in [0.717, 1.165) is 38.8 Å². The van der Waals surface area contributed by atoms with Gasteiger partial charge in [0.25, 0.3) is 0 Å². The van der Waals surface area contributed by atoms with E-state index in [9.17, 15) is 4.79 Å². The van der Waals surface area contributed by atoms with Gasteiger partial charge in [0, 0.05) is 13.1 Å². The number of nitrogens with zero attached hydrogens (tertiary/aromatic N) is 1. The summed E-state index contributed by atoms with van der Waals surface area (Å²) in [5, 5.41) is 0. The maximum Gasteiger partial charge on any atom is 0.409 e. The Labute approximate surface area is 120 Å². The molecule has 0 aliphatic heterocycles. The van der Waals surface area contributed by atoms with Gasteiger partial charge < -0.3 is 9.64 Å². The van der Waals surface area contributed by atoms with Crippen LogP contribution in [0, 0.1) is 5.92 Å². The van der Waals surface area contributed by atoms with Gasteiger partial charge in [-0.2, -0.15) is 0 Å². The number of unbranched alkanes of at least 4 members (excludes halogenated alkanes) is 2. The van der Waals surface area contributed by atoms with Crippen molar-refractivity contribution in [3.05, 3.63) is 0 Å². The molecule has 0 bridgehead atoms. The van der Waals surface area contributed by atoms with Crippen LogP contribution >= 0.6 is 0 Å². The Kier molecular flexibility index (Phi) is 16.6. The Hall–Kier alpha value is -0.730. The lowest BCUT2D eigenvalue weighted by Crippen LogP contribution is -2.34. The third kappa shape index (κ3) is 15.2. The minimum Gasteiger partial charge on any atom is -0.449 e. The lowest BCUT2D eigenvalue weighted by molar-refractivity contribution is 0.0910. The highest BCUT2D eigenvalue weighted by atomic mass is 16.6. The van der Waals surface area contributed by atoms with Crippen LogP contribution < -0.4 is 0 Å². The van der Waals surface area contributed by atoms with Gasteiger partial charge in [0.15, 0.2) is 0 Å². The first-order valence-electron chi connectivity index (χ1n) is 7.94. The number of amides is 1. The highest BCUT2D eigenvalue weighted by Crippen LogP contribution is 2.03. The molecular weight excluding hydrogens is 238 g/mol. The molecule has 0 aliphatic rings. The summed E-state index contributed by atoms with van der Waals surface area (Å²) in [5.74, 6) is 0.406. The molecule has 0 fully saturated rings. The van der Waals surface area contributed by atoms with Crippen LogP contribution in [0.2, 0.25) is 0 Å². The summed E-state index contributed by atoms with van der Waals surface area (Å²) in [6, 6.07) is 0. The van der Waals surface area contributed by atoms with E-state index in [4.69, 9.17) is 4.74 Å². The first-order valence-corrected chi connectivity index (χ1v) is 7.94. The van der Waals surface area contributed by atoms with E-state index >= 15 is 0 Å². The molecule has 0 rings (SSSR count). The molecule has 0 radical (unpaired) electrons. The van der Waals surface area contributed by atoms with Crippen LogP contribution in [0.15, 0.2) is 0 Å². The molecular formula is C16H35NO2. The fraction of sp³-hybridized carbons (Fsp3) is 0.938. The Morgan fingerprint density at radius 2 is 1.42 bits per heavy atom. The molecule has 0 unspecified atom stereocenters. The topological polar surface area (TPSA) is 29.5 Å². The highest BCUT2D eigenvalue weighted by molar-refractivity contribution is 5.67. The Bertz CT molecular complexity index is 185. The van der Waals surface area contributed by atoms with E-state index in [2.05, 4.69) is 41.5 Å². The van der Waals surface area contributed by atoms with E-state index in [1.54, 1.807) is 0 Å². The summed E-state index contributed by atoms with van der Waals surface area (Å²) in [7, 11) is 0. The molecule has 0 aromatic heterocycles. The predicted octanol–water partition coefficient (Wildman–Crippen LogP) is 5.10. The molecule has 0 spiro atoms. The highest BCUT2D eigenvalue weighted by Gasteiger charge is 2.13. The van der Waals surface area contributed by atoms with Crippen molar-refractivity contribution in [1.82, 2.24) is 4.90 Å². The Morgan fingerprint density at radius 3 is 1.74 bits per heavy atom. The summed E-state index contributed by atoms with van der Waals surface area (Å²) in [5.41, 5.74) is 0. The van der Waals surface area contributed by atoms with Crippen molar-refractivity contribution in [1.29, 1.82) is 0 Å². The van der Waals surface area contributed by atoms with Crippen molar-refractivity contribution >= 4 is 6.09 Å². The van der Waals surface area contributed by atoms with Gasteiger partial charge in [-0.3, -0.25) is 0 Å². The normalized spacial score (nSPS) is 9.84. The Morgan fingerprint density at radius 1 is 1.00 bits per heavy atom. The fourth-order valence-corrected chi connectivity index (χ4v) is 1.32. The first-order chi connectivity index (χ1) is 9.03. The monoisotopic (exact) mass is 273 g/mol. The second-order valence-corrected chi connectivity index (χ2v) is 5.37. The van der Waals surface area contributed by atoms with Gasteiger partial charge in [0.05, 0.1) is 6.61 Å². The molecule has 1 amide bonds. The second kappa shape index (κ2) is 15.3. The first kappa shape index (κ1) is 20.6. The summed E-state index contributed by atoms with van der Waals surface area (Å²) in [4.78, 5) is 13.6. The quantitative estimate of drug-likeness (QED) is 0.616. The van der Waals surface area contributed by atoms with Crippen molar-refractivity contribution < 1.29 is 9.53 Å². The summed E-state index contributed by atoms with van der Waals surface area (Å²) in [6.45, 7) is 14.8. The number of hydrogen-bond acceptors (Lipinski definition) is 2. The molecule has 3 heteroatoms. The van der Waals surface area contributed by atoms with Crippen molar-refractivity contribution in [3.63, 3.8) is 0 Å². The van der Waals surface area contributed by atoms with Crippen molar-refractivity contribution in [2.45, 2.75) is 73.6 Å². The van der Waals surface area contributed by atoms with Crippen LogP contribution in [0.4, 0.5) is 4.79 Å². The molecule has 0 saturated carbocycles. The third-order valence-electron chi connectivity index (χ3n) is 2.36. The van der Waals surface area contributed by atoms with Crippen LogP contribution in [-0.4, -0.2) is 30.7 Å². The number of rotatable bonds is 8. The van der Waals surface area contributed by atoms with Gasteiger partial charge in [-0.25, -0.2) is 4.79 Å². The minimum absolute atomic E-state index is 0.143. The fourth-order valence-electron chi connectivity index (χ4n) is 1.32. The maximum absolute atomic E-state index is 11.8. The van der Waals surface area contributed by atoms with Crippen LogP contribution in [-0.2, 0) is 4.74 Å². The van der Waals surface area contributed by atoms with E-state index in [-0.39, 0.29) is 6.09 Å². The lowest BCUT2D eigenvalue weighted by atomic mass is 10.2. The molecule has 19 heavy (non-hydrogen) atoms. The molecule has 0 saturated heterocycles. The van der Waals surface area contributed by atoms with E-state index in [1.165, 1.54) is 6.42 Å². The zero-order chi connectivity index (χ0) is 15.1. The van der Waals surface area contributed by atoms with Gasteiger partial charge in [-0.1, -0.05) is 60.8 Å². The molecule has 3 nitrogen and oxygen atoms in total. The van der Waals surface area contributed by atoms with Gasteiger partial charge in [-0.05, 0) is 18.8 Å². The molecule has 0 atom stereocenters. The van der Waals surface area contributed by atoms with Crippen molar-refractivity contribution in [3.8, 4) is 0 Å². The van der Waals surface area contributed by atoms with Crippen LogP contribution in [0.1, 0.15) is 73.6 Å². The predicted molar refractivity (Wildman–Crippen MR) is 83.5 cm³/mol. The number of carbonyl (C=O) groups excluding carboxylic acids is 1. The lowest BCUT2D eigenvalue weighted by Gasteiger charge is -2.22. The van der Waals surface area contributed by atoms with E-state index in [0.29, 0.717) is 12.5 Å². The van der Waals surface area contributed by atoms with Crippen LogP contribution in [0.25, 0.3) is 0 Å². The standard InChI is InChI=1S/C13H27NO2.C3H8/c1-5-7-9-14(10-8-6-2)13(15)16-11-12(3)4;1-3-2/h12H,5-11H2,1-4H3;3H2,1-2H3. The Balaban J connectivity index is 0. The SMILES string of the molecule is CCC.CCCCN(CCCC)C(=O)OCC(C)C. The number of hydrogen-bond donors (Lipinski definition) is 0. The second-order valence-electron chi connectivity index (χ2n) is 5.37. The van der Waals surface area contributed by atoms with Gasteiger partial charge >= 0.3 is 6.09 Å². The van der Waals surface area contributed by atoms with Gasteiger partial charge in [0.2, 0.25) is 0 Å². The van der Waals surface area contributed by atoms with E-state index in [1.807, 2.05) is 4.90 Å². The summed E-state index contributed by atoms with van der Waals surface area (Å²) >= 11 is 0. The minimum atomic E-state index is -0.143. The summed E-state index contributed by atoms with van der Waals surface area (Å²) < 4.78 is 5.25. The summed E-state index contributed by atoms with van der Waals surface area (Å²) in [6.07, 6.45) is 5.44. The maximum atomic E-state index is 11.8. The van der Waals surface area contributed by atoms with E-state index < -0.39 is 0 Å². The molecule has 0 aromatic carbocycles. The zero-order valence-corrected chi connectivity index (χ0v) is 14.0. The molecule has 0 heterocycles. The van der Waals surface area contributed by atoms with Crippen molar-refractivity contribution in [2.24, 2.45) is 5.92 Å². The number of ether oxygens (including phenoxy) is 1. The molecule has 0 N–H and O–H groups in total. The van der Waals surface area contributed by atoms with Crippen LogP contribution in [0.5, 0.6) is 0 Å². The molecule has 0 aliphatic carbocycles. The van der Waals surface area contributed by atoms with Crippen molar-refractivity contribution in [2.75, 3.05) is 19.7 Å². The van der Waals surface area contributed by atoms with Gasteiger partial charge in [0.1, 0.15) is 0 Å². The average Bonchev–Trinajstić information content (AvgIpc) is 2.37. The molecule has 0 aromatic rings. The smallest absolute Gasteiger partial charge is 0.409 e. The number of carbonyl (C=O) groups is 1. The third-order valence-corrected chi connectivity index (χ3v) is 2.36. The van der Waals surface area contributed by atoms with Crippen LogP contribution in [0.3, 0.4) is 0 Å². The van der Waals surface area contributed by atoms with Gasteiger partial charge in [-0.15, -0.1) is 0 Å². The largest absolute Gasteiger partial charge is 0.449 e. The zero-order valence-electron chi connectivity index (χ0n) is 14.0. The average molecular weight is 273 g/mol. The molecule has 116 valence electrons.